The van der Waals surface area contributed by atoms with Gasteiger partial charge in [0, 0.05) is 26.5 Å². The van der Waals surface area contributed by atoms with Crippen molar-refractivity contribution >= 4 is 5.78 Å². The highest BCUT2D eigenvalue weighted by molar-refractivity contribution is 6.08. The molecule has 0 spiro atoms. The van der Waals surface area contributed by atoms with Gasteiger partial charge in [0.15, 0.2) is 0 Å². The van der Waals surface area contributed by atoms with E-state index in [1.54, 1.807) is 41.9 Å². The number of aryl methyl sites for hydroxylation is 3. The van der Waals surface area contributed by atoms with E-state index in [0.717, 1.165) is 5.69 Å². The zero-order chi connectivity index (χ0) is 11.0. The highest BCUT2D eigenvalue weighted by Crippen LogP contribution is 2.10. The number of carbonyl (C=O) groups is 1. The van der Waals surface area contributed by atoms with Crippen LogP contribution in [-0.2, 0) is 14.1 Å². The predicted molar refractivity (Wildman–Crippen MR) is 54.6 cm³/mol. The Morgan fingerprint density at radius 1 is 1.27 bits per heavy atom. The molecule has 0 fully saturated rings. The molecule has 0 N–H and O–H groups in total. The summed E-state index contributed by atoms with van der Waals surface area (Å²) in [5.74, 6) is -0.0822. The Morgan fingerprint density at radius 3 is 2.47 bits per heavy atom. The zero-order valence-corrected chi connectivity index (χ0v) is 8.93. The fraction of sp³-hybridized carbons (Fsp3) is 0.300. The van der Waals surface area contributed by atoms with E-state index in [1.165, 1.54) is 0 Å². The van der Waals surface area contributed by atoms with Gasteiger partial charge in [-0.2, -0.15) is 10.2 Å². The Labute approximate surface area is 87.3 Å². The van der Waals surface area contributed by atoms with Crippen molar-refractivity contribution in [1.29, 1.82) is 0 Å². The van der Waals surface area contributed by atoms with Crippen molar-refractivity contribution in [2.24, 2.45) is 14.1 Å². The number of aromatic nitrogens is 4. The lowest BCUT2D eigenvalue weighted by atomic mass is 10.1. The summed E-state index contributed by atoms with van der Waals surface area (Å²) in [6.45, 7) is 1.82. The minimum Gasteiger partial charge on any atom is -0.287 e. The van der Waals surface area contributed by atoms with Crippen LogP contribution < -0.4 is 0 Å². The molecule has 0 unspecified atom stereocenters. The van der Waals surface area contributed by atoms with Crippen molar-refractivity contribution in [2.75, 3.05) is 0 Å². The van der Waals surface area contributed by atoms with Crippen LogP contribution in [0.1, 0.15) is 21.7 Å². The van der Waals surface area contributed by atoms with Gasteiger partial charge in [-0.05, 0) is 13.0 Å². The van der Waals surface area contributed by atoms with E-state index < -0.39 is 0 Å². The zero-order valence-electron chi connectivity index (χ0n) is 8.93. The third-order valence-electron chi connectivity index (χ3n) is 2.20. The number of rotatable bonds is 2. The predicted octanol–water partition coefficient (Wildman–Crippen LogP) is 0.693. The molecule has 2 rings (SSSR count). The molecule has 0 bridgehead atoms. The van der Waals surface area contributed by atoms with Gasteiger partial charge in [-0.1, -0.05) is 0 Å². The molecule has 0 radical (unpaired) electrons. The molecule has 2 heterocycles. The van der Waals surface area contributed by atoms with Crippen LogP contribution in [0.25, 0.3) is 0 Å². The number of hydrogen-bond acceptors (Lipinski definition) is 3. The molecule has 2 aromatic rings. The minimum atomic E-state index is -0.0822. The molecule has 5 heteroatoms. The van der Waals surface area contributed by atoms with E-state index in [1.807, 2.05) is 6.92 Å². The van der Waals surface area contributed by atoms with Crippen LogP contribution >= 0.6 is 0 Å². The van der Waals surface area contributed by atoms with E-state index >= 15 is 0 Å². The first-order chi connectivity index (χ1) is 7.08. The summed E-state index contributed by atoms with van der Waals surface area (Å²) in [6, 6.07) is 1.70. The second-order valence-electron chi connectivity index (χ2n) is 3.51. The van der Waals surface area contributed by atoms with Gasteiger partial charge in [0.1, 0.15) is 5.69 Å². The molecular formula is C10H12N4O. The second kappa shape index (κ2) is 3.34. The maximum atomic E-state index is 12.0. The van der Waals surface area contributed by atoms with Gasteiger partial charge in [0.05, 0.1) is 11.3 Å². The molecule has 0 saturated carbocycles. The van der Waals surface area contributed by atoms with E-state index in [2.05, 4.69) is 10.2 Å². The summed E-state index contributed by atoms with van der Waals surface area (Å²) in [4.78, 5) is 12.0. The summed E-state index contributed by atoms with van der Waals surface area (Å²) in [6.07, 6.45) is 3.46. The SMILES string of the molecule is Cc1nn(C)cc1C(=O)c1ccn(C)n1. The number of ketones is 1. The lowest BCUT2D eigenvalue weighted by Gasteiger charge is -1.93. The largest absolute Gasteiger partial charge is 0.287 e. The number of carbonyl (C=O) groups excluding carboxylic acids is 1. The first-order valence-corrected chi connectivity index (χ1v) is 4.62. The first kappa shape index (κ1) is 9.64. The Balaban J connectivity index is 2.40. The van der Waals surface area contributed by atoms with Gasteiger partial charge in [0.2, 0.25) is 5.78 Å². The molecule has 15 heavy (non-hydrogen) atoms. The highest BCUT2D eigenvalue weighted by Gasteiger charge is 2.16. The van der Waals surface area contributed by atoms with Crippen molar-refractivity contribution in [2.45, 2.75) is 6.92 Å². The third kappa shape index (κ3) is 1.68. The Bertz CT molecular complexity index is 509. The standard InChI is InChI=1S/C10H12N4O/c1-7-8(6-14(3)11-7)10(15)9-4-5-13(2)12-9/h4-6H,1-3H3. The summed E-state index contributed by atoms with van der Waals surface area (Å²) < 4.78 is 3.24. The summed E-state index contributed by atoms with van der Waals surface area (Å²) in [5, 5.41) is 8.19. The van der Waals surface area contributed by atoms with E-state index in [0.29, 0.717) is 11.3 Å². The van der Waals surface area contributed by atoms with Crippen LogP contribution in [0.3, 0.4) is 0 Å². The van der Waals surface area contributed by atoms with Crippen LogP contribution in [0, 0.1) is 6.92 Å². The van der Waals surface area contributed by atoms with Gasteiger partial charge in [-0.15, -0.1) is 0 Å². The number of hydrogen-bond donors (Lipinski definition) is 0. The molecular weight excluding hydrogens is 192 g/mol. The molecule has 0 atom stereocenters. The summed E-state index contributed by atoms with van der Waals surface area (Å²) >= 11 is 0. The van der Waals surface area contributed by atoms with Crippen molar-refractivity contribution in [3.63, 3.8) is 0 Å². The summed E-state index contributed by atoms with van der Waals surface area (Å²) in [7, 11) is 3.58. The van der Waals surface area contributed by atoms with Gasteiger partial charge in [-0.25, -0.2) is 0 Å². The van der Waals surface area contributed by atoms with Gasteiger partial charge < -0.3 is 0 Å². The van der Waals surface area contributed by atoms with Crippen molar-refractivity contribution in [3.05, 3.63) is 35.4 Å². The molecule has 5 nitrogen and oxygen atoms in total. The molecule has 0 aliphatic heterocycles. The maximum Gasteiger partial charge on any atom is 0.216 e. The van der Waals surface area contributed by atoms with Crippen LogP contribution in [0.15, 0.2) is 18.5 Å². The molecule has 2 aromatic heterocycles. The molecule has 0 amide bonds. The molecule has 0 aliphatic carbocycles. The molecule has 0 aliphatic rings. The highest BCUT2D eigenvalue weighted by atomic mass is 16.1. The van der Waals surface area contributed by atoms with Gasteiger partial charge in [0.25, 0.3) is 0 Å². The molecule has 0 aromatic carbocycles. The van der Waals surface area contributed by atoms with Crippen molar-refractivity contribution in [3.8, 4) is 0 Å². The average Bonchev–Trinajstić information content (AvgIpc) is 2.71. The lowest BCUT2D eigenvalue weighted by Crippen LogP contribution is -2.03. The second-order valence-corrected chi connectivity index (χ2v) is 3.51. The Hall–Kier alpha value is -1.91. The fourth-order valence-electron chi connectivity index (χ4n) is 1.50. The first-order valence-electron chi connectivity index (χ1n) is 4.62. The third-order valence-corrected chi connectivity index (χ3v) is 2.20. The molecule has 0 saturated heterocycles. The van der Waals surface area contributed by atoms with E-state index in [-0.39, 0.29) is 5.78 Å². The topological polar surface area (TPSA) is 52.7 Å². The van der Waals surface area contributed by atoms with Crippen molar-refractivity contribution in [1.82, 2.24) is 19.6 Å². The van der Waals surface area contributed by atoms with Crippen LogP contribution in [0.5, 0.6) is 0 Å². The van der Waals surface area contributed by atoms with Crippen LogP contribution in [-0.4, -0.2) is 25.3 Å². The van der Waals surface area contributed by atoms with Crippen molar-refractivity contribution < 1.29 is 4.79 Å². The average molecular weight is 204 g/mol. The van der Waals surface area contributed by atoms with Crippen LogP contribution in [0.2, 0.25) is 0 Å². The number of nitrogens with zero attached hydrogens (tertiary/aromatic N) is 4. The van der Waals surface area contributed by atoms with E-state index in [4.69, 9.17) is 0 Å². The lowest BCUT2D eigenvalue weighted by molar-refractivity contribution is 0.103. The molecule has 78 valence electrons. The van der Waals surface area contributed by atoms with Gasteiger partial charge in [-0.3, -0.25) is 14.2 Å². The Kier molecular flexibility index (Phi) is 2.15. The quantitative estimate of drug-likeness (QED) is 0.676. The van der Waals surface area contributed by atoms with Gasteiger partial charge >= 0.3 is 0 Å². The fourth-order valence-corrected chi connectivity index (χ4v) is 1.50. The normalized spacial score (nSPS) is 10.6. The Morgan fingerprint density at radius 2 is 2.00 bits per heavy atom. The monoisotopic (exact) mass is 204 g/mol. The van der Waals surface area contributed by atoms with Crippen LogP contribution in [0.4, 0.5) is 0 Å². The van der Waals surface area contributed by atoms with E-state index in [9.17, 15) is 4.79 Å². The smallest absolute Gasteiger partial charge is 0.216 e. The summed E-state index contributed by atoms with van der Waals surface area (Å²) in [5.41, 5.74) is 1.79. The minimum absolute atomic E-state index is 0.0822. The maximum absolute atomic E-state index is 12.0.